The highest BCUT2D eigenvalue weighted by atomic mass is 32.2. The average molecular weight is 386 g/mol. The molecule has 2 N–H and O–H groups in total. The van der Waals surface area contributed by atoms with Gasteiger partial charge >= 0.3 is 10.5 Å². The highest BCUT2D eigenvalue weighted by Gasteiger charge is 2.50. The lowest BCUT2D eigenvalue weighted by atomic mass is 10.1. The predicted octanol–water partition coefficient (Wildman–Crippen LogP) is 1.88. The number of thiocarbonyl (C=S) groups is 1. The molecule has 0 saturated heterocycles. The van der Waals surface area contributed by atoms with Gasteiger partial charge in [0.25, 0.3) is 0 Å². The molecule has 1 aromatic rings. The Hall–Kier alpha value is -2.00. The van der Waals surface area contributed by atoms with Gasteiger partial charge in [-0.2, -0.15) is 12.8 Å². The topological polar surface area (TPSA) is 96.9 Å². The summed E-state index contributed by atoms with van der Waals surface area (Å²) >= 11 is 4.50. The van der Waals surface area contributed by atoms with Crippen LogP contribution in [-0.2, 0) is 15.3 Å². The van der Waals surface area contributed by atoms with Gasteiger partial charge in [0.1, 0.15) is 5.75 Å². The van der Waals surface area contributed by atoms with Crippen molar-refractivity contribution in [2.24, 2.45) is 10.3 Å². The monoisotopic (exact) mass is 385 g/mol. The average Bonchev–Trinajstić information content (AvgIpc) is 3.27. The molecule has 0 heterocycles. The largest absolute Gasteiger partial charge is 0.497 e. The molecule has 1 saturated carbocycles. The second-order valence-electron chi connectivity index (χ2n) is 5.41. The predicted molar refractivity (Wildman–Crippen MR) is 100 cm³/mol. The number of carbonyl (C=O) groups is 1. The molecule has 2 rings (SSSR count). The van der Waals surface area contributed by atoms with Crippen LogP contribution in [0.15, 0.2) is 28.6 Å². The van der Waals surface area contributed by atoms with Crippen LogP contribution in [0, 0.1) is 5.92 Å². The number of nitrogens with one attached hydrogen (secondary N) is 2. The van der Waals surface area contributed by atoms with Gasteiger partial charge in [-0.1, -0.05) is 25.5 Å². The van der Waals surface area contributed by atoms with Crippen LogP contribution in [0.25, 0.3) is 0 Å². The van der Waals surface area contributed by atoms with Crippen LogP contribution in [0.1, 0.15) is 31.2 Å². The summed E-state index contributed by atoms with van der Waals surface area (Å²) in [4.78, 5) is 9.54. The molecule has 3 unspecified atom stereocenters. The maximum Gasteiger partial charge on any atom is 0.311 e. The zero-order valence-electron chi connectivity index (χ0n) is 14.4. The van der Waals surface area contributed by atoms with Gasteiger partial charge in [0.05, 0.1) is 13.2 Å². The van der Waals surface area contributed by atoms with Gasteiger partial charge in [-0.25, -0.2) is 0 Å². The van der Waals surface area contributed by atoms with Crippen molar-refractivity contribution in [2.75, 3.05) is 14.2 Å². The van der Waals surface area contributed by atoms with E-state index in [-0.39, 0.29) is 12.0 Å². The number of hydrogen-bond donors (Lipinski definition) is 2. The van der Waals surface area contributed by atoms with Crippen LogP contribution in [0.4, 0.5) is 0 Å². The van der Waals surface area contributed by atoms with Crippen LogP contribution in [-0.4, -0.2) is 40.1 Å². The molecule has 9 heteroatoms. The maximum absolute atomic E-state index is 10.7. The number of benzene rings is 1. The van der Waals surface area contributed by atoms with E-state index in [0.717, 1.165) is 24.2 Å². The van der Waals surface area contributed by atoms with Crippen molar-refractivity contribution in [1.82, 2.24) is 10.6 Å². The Morgan fingerprint density at radius 1 is 1.36 bits per heavy atom. The first-order valence-electron chi connectivity index (χ1n) is 7.84. The van der Waals surface area contributed by atoms with Crippen LogP contribution in [0.3, 0.4) is 0 Å². The molecular formula is C16H23N3O4S2. The van der Waals surface area contributed by atoms with E-state index in [9.17, 15) is 13.2 Å². The van der Waals surface area contributed by atoms with Crippen molar-refractivity contribution in [3.05, 3.63) is 29.8 Å². The summed E-state index contributed by atoms with van der Waals surface area (Å²) in [7, 11) is 0.960. The smallest absolute Gasteiger partial charge is 0.311 e. The van der Waals surface area contributed by atoms with Crippen molar-refractivity contribution in [1.29, 1.82) is 0 Å². The fraction of sp³-hybridized carbons (Fsp3) is 0.500. The minimum atomic E-state index is -2.31. The van der Waals surface area contributed by atoms with Crippen molar-refractivity contribution in [3.8, 4) is 5.75 Å². The van der Waals surface area contributed by atoms with Gasteiger partial charge in [0.15, 0.2) is 5.11 Å². The standard InChI is InChI=1S/C13H17NO3S.C3H6N2OS/c1-3-4-11-12(13(11)14-18(15)16)9-5-7-10(17-2)8-6-9;1-4-3(7)5-2-6/h5-8,11-13H,3-4H2,1-2H3;2H,1H3,(H2,4,5,6,7). The first kappa shape index (κ1) is 21.0. The lowest BCUT2D eigenvalue weighted by molar-refractivity contribution is -0.108. The molecule has 1 aliphatic rings. The van der Waals surface area contributed by atoms with E-state index in [1.807, 2.05) is 24.3 Å². The molecule has 138 valence electrons. The third-order valence-electron chi connectivity index (χ3n) is 3.87. The Morgan fingerprint density at radius 2 is 2.00 bits per heavy atom. The summed E-state index contributed by atoms with van der Waals surface area (Å²) in [5.41, 5.74) is 1.15. The summed E-state index contributed by atoms with van der Waals surface area (Å²) in [5.74, 6) is 1.42. The first-order chi connectivity index (χ1) is 12.0. The number of amides is 1. The minimum Gasteiger partial charge on any atom is -0.497 e. The fourth-order valence-corrected chi connectivity index (χ4v) is 3.21. The molecular weight excluding hydrogens is 362 g/mol. The fourth-order valence-electron chi connectivity index (χ4n) is 2.68. The quantitative estimate of drug-likeness (QED) is 0.573. The normalized spacial score (nSPS) is 20.4. The first-order valence-corrected chi connectivity index (χ1v) is 9.28. The lowest BCUT2D eigenvalue weighted by Crippen LogP contribution is -2.30. The van der Waals surface area contributed by atoms with Crippen LogP contribution < -0.4 is 15.4 Å². The van der Waals surface area contributed by atoms with Gasteiger partial charge in [0.2, 0.25) is 6.41 Å². The van der Waals surface area contributed by atoms with Crippen molar-refractivity contribution in [2.45, 2.75) is 31.7 Å². The van der Waals surface area contributed by atoms with E-state index >= 15 is 0 Å². The Balaban J connectivity index is 0.000000381. The molecule has 1 fully saturated rings. The number of ether oxygens (including phenoxy) is 1. The SMILES string of the molecule is CCCC1C(N=S(=O)=O)C1c1ccc(OC)cc1.CNC(=S)NC=O. The van der Waals surface area contributed by atoms with E-state index in [1.165, 1.54) is 0 Å². The highest BCUT2D eigenvalue weighted by molar-refractivity contribution is 7.80. The number of methoxy groups -OCH3 is 1. The van der Waals surface area contributed by atoms with Crippen LogP contribution >= 0.6 is 12.2 Å². The highest BCUT2D eigenvalue weighted by Crippen LogP contribution is 2.52. The van der Waals surface area contributed by atoms with Gasteiger partial charge in [0, 0.05) is 13.0 Å². The van der Waals surface area contributed by atoms with E-state index in [1.54, 1.807) is 14.2 Å². The maximum atomic E-state index is 10.7. The van der Waals surface area contributed by atoms with Gasteiger partial charge in [-0.05, 0) is 42.3 Å². The molecule has 25 heavy (non-hydrogen) atoms. The second kappa shape index (κ2) is 10.8. The van der Waals surface area contributed by atoms with Crippen molar-refractivity contribution in [3.63, 3.8) is 0 Å². The van der Waals surface area contributed by atoms with E-state index < -0.39 is 10.5 Å². The van der Waals surface area contributed by atoms with E-state index in [2.05, 4.69) is 34.1 Å². The minimum absolute atomic E-state index is 0.0725. The summed E-state index contributed by atoms with van der Waals surface area (Å²) < 4.78 is 30.3. The van der Waals surface area contributed by atoms with Gasteiger partial charge in [-0.15, -0.1) is 0 Å². The lowest BCUT2D eigenvalue weighted by Gasteiger charge is -2.02. The summed E-state index contributed by atoms with van der Waals surface area (Å²) in [6.45, 7) is 2.11. The molecule has 0 spiro atoms. The third kappa shape index (κ3) is 6.79. The second-order valence-corrected chi connectivity index (χ2v) is 6.46. The molecule has 0 aliphatic heterocycles. The molecule has 1 aliphatic carbocycles. The molecule has 1 aromatic carbocycles. The number of nitrogens with zero attached hydrogens (tertiary/aromatic N) is 1. The van der Waals surface area contributed by atoms with E-state index in [0.29, 0.717) is 17.4 Å². The Kier molecular flexibility index (Phi) is 9.07. The van der Waals surface area contributed by atoms with Gasteiger partial charge < -0.3 is 15.4 Å². The zero-order valence-corrected chi connectivity index (χ0v) is 16.1. The number of rotatable bonds is 6. The zero-order chi connectivity index (χ0) is 18.8. The van der Waals surface area contributed by atoms with Crippen LogP contribution in [0.2, 0.25) is 0 Å². The summed E-state index contributed by atoms with van der Waals surface area (Å²) in [5, 5.41) is 5.13. The molecule has 7 nitrogen and oxygen atoms in total. The Bertz CT molecular complexity index is 697. The van der Waals surface area contributed by atoms with Crippen LogP contribution in [0.5, 0.6) is 5.75 Å². The number of carbonyl (C=O) groups excluding carboxylic acids is 1. The van der Waals surface area contributed by atoms with E-state index in [4.69, 9.17) is 4.74 Å². The van der Waals surface area contributed by atoms with Crippen molar-refractivity contribution < 1.29 is 17.9 Å². The van der Waals surface area contributed by atoms with Crippen molar-refractivity contribution >= 4 is 34.2 Å². The van der Waals surface area contributed by atoms with Gasteiger partial charge in [-0.3, -0.25) is 4.79 Å². The molecule has 0 aromatic heterocycles. The Labute approximate surface area is 154 Å². The molecule has 0 bridgehead atoms. The third-order valence-corrected chi connectivity index (χ3v) is 4.61. The number of hydrogen-bond acceptors (Lipinski definition) is 6. The Morgan fingerprint density at radius 3 is 2.40 bits per heavy atom. The summed E-state index contributed by atoms with van der Waals surface area (Å²) in [6.07, 6.45) is 2.59. The molecule has 1 amide bonds. The molecule has 3 atom stereocenters. The summed E-state index contributed by atoms with van der Waals surface area (Å²) in [6, 6.07) is 7.73. The molecule has 0 radical (unpaired) electrons.